The molecule has 4 nitrogen and oxygen atoms in total. The molecule has 0 bridgehead atoms. The van der Waals surface area contributed by atoms with Crippen molar-refractivity contribution in [3.63, 3.8) is 0 Å². The van der Waals surface area contributed by atoms with Crippen LogP contribution in [-0.4, -0.2) is 23.6 Å². The van der Waals surface area contributed by atoms with Gasteiger partial charge in [-0.1, -0.05) is 30.3 Å². The Balaban J connectivity index is 0.000000221. The van der Waals surface area contributed by atoms with Crippen molar-refractivity contribution in [2.24, 2.45) is 0 Å². The third-order valence-electron chi connectivity index (χ3n) is 2.23. The van der Waals surface area contributed by atoms with Gasteiger partial charge in [0.15, 0.2) is 0 Å². The zero-order chi connectivity index (χ0) is 15.6. The molecule has 1 unspecified atom stereocenters. The Morgan fingerprint density at radius 3 is 1.85 bits per heavy atom. The number of alkyl halides is 3. The molecule has 0 fully saturated rings. The molecule has 9 heteroatoms. The Labute approximate surface area is 115 Å². The number of phenolic OH excluding ortho intramolecular Hbond substituents is 1. The summed E-state index contributed by atoms with van der Waals surface area (Å²) in [6.07, 6.45) is 0. The van der Waals surface area contributed by atoms with E-state index in [2.05, 4.69) is 9.24 Å². The molecule has 0 aliphatic carbocycles. The normalized spacial score (nSPS) is 11.8. The van der Waals surface area contributed by atoms with E-state index in [0.29, 0.717) is 5.75 Å². The van der Waals surface area contributed by atoms with Crippen molar-refractivity contribution in [2.45, 2.75) is 5.51 Å². The van der Waals surface area contributed by atoms with Crippen molar-refractivity contribution in [1.82, 2.24) is 0 Å². The molecule has 2 aromatic rings. The number of fused-ring (bicyclic) bond motifs is 1. The van der Waals surface area contributed by atoms with E-state index in [4.69, 9.17) is 13.0 Å². The lowest BCUT2D eigenvalue weighted by molar-refractivity contribution is -0.0510. The summed E-state index contributed by atoms with van der Waals surface area (Å²) in [5.74, 6) is 0.344. The summed E-state index contributed by atoms with van der Waals surface area (Å²) < 4.78 is 57.5. The fourth-order valence-electron chi connectivity index (χ4n) is 1.31. The van der Waals surface area contributed by atoms with E-state index in [1.165, 1.54) is 0 Å². The van der Waals surface area contributed by atoms with Gasteiger partial charge in [-0.25, -0.2) is 0 Å². The van der Waals surface area contributed by atoms with Crippen LogP contribution >= 0.6 is 9.24 Å². The van der Waals surface area contributed by atoms with Crippen LogP contribution < -0.4 is 5.30 Å². The lowest BCUT2D eigenvalue weighted by Crippen LogP contribution is -2.21. The van der Waals surface area contributed by atoms with Gasteiger partial charge in [-0.2, -0.15) is 21.6 Å². The Morgan fingerprint density at radius 1 is 1.00 bits per heavy atom. The van der Waals surface area contributed by atoms with E-state index in [1.807, 2.05) is 30.3 Å². The smallest absolute Gasteiger partial charge is 0.507 e. The fourth-order valence-corrected chi connectivity index (χ4v) is 1.65. The number of hydrogen-bond acceptors (Lipinski definition) is 3. The highest BCUT2D eigenvalue weighted by Gasteiger charge is 2.44. The Morgan fingerprint density at radius 2 is 1.45 bits per heavy atom. The van der Waals surface area contributed by atoms with Crippen molar-refractivity contribution >= 4 is 35.4 Å². The second kappa shape index (κ2) is 5.95. The highest BCUT2D eigenvalue weighted by atomic mass is 32.2. The van der Waals surface area contributed by atoms with Crippen LogP contribution in [0.1, 0.15) is 0 Å². The van der Waals surface area contributed by atoms with Gasteiger partial charge in [0.2, 0.25) is 0 Å². The standard InChI is InChI=1S/C10H9OP.CHF3O3S/c11-9-5-6-10(12)8-4-2-1-3-7(8)9;2-1(3,4)8(5,6)7/h1-6,11H,12H2;(H,5,6,7). The van der Waals surface area contributed by atoms with Crippen molar-refractivity contribution < 1.29 is 31.2 Å². The Hall–Kier alpha value is -1.37. The minimum atomic E-state index is -5.84. The Bertz CT molecular complexity index is 673. The number of aromatic hydroxyl groups is 1. The van der Waals surface area contributed by atoms with E-state index in [9.17, 15) is 18.3 Å². The predicted octanol–water partition coefficient (Wildman–Crippen LogP) is 2.44. The highest BCUT2D eigenvalue weighted by molar-refractivity contribution is 7.86. The fraction of sp³-hybridized carbons (Fsp3) is 0.0909. The minimum absolute atomic E-state index is 0.344. The molecule has 0 aliphatic rings. The third-order valence-corrected chi connectivity index (χ3v) is 3.32. The molecule has 0 aliphatic heterocycles. The van der Waals surface area contributed by atoms with Crippen LogP contribution in [0.25, 0.3) is 10.8 Å². The number of phenols is 1. The van der Waals surface area contributed by atoms with Gasteiger partial charge in [0.1, 0.15) is 5.75 Å². The summed E-state index contributed by atoms with van der Waals surface area (Å²) in [6.45, 7) is 0. The van der Waals surface area contributed by atoms with E-state index in [1.54, 1.807) is 6.07 Å². The second-order valence-electron chi connectivity index (χ2n) is 3.64. The van der Waals surface area contributed by atoms with Crippen molar-refractivity contribution in [3.05, 3.63) is 36.4 Å². The van der Waals surface area contributed by atoms with Gasteiger partial charge in [0.25, 0.3) is 0 Å². The molecular weight excluding hydrogens is 316 g/mol. The minimum Gasteiger partial charge on any atom is -0.507 e. The first-order chi connectivity index (χ1) is 9.04. The molecule has 0 radical (unpaired) electrons. The van der Waals surface area contributed by atoms with Crippen LogP contribution in [0.3, 0.4) is 0 Å². The zero-order valence-corrected chi connectivity index (χ0v) is 11.8. The predicted molar refractivity (Wildman–Crippen MR) is 72.6 cm³/mol. The van der Waals surface area contributed by atoms with Gasteiger partial charge in [0, 0.05) is 5.39 Å². The molecule has 0 saturated carbocycles. The van der Waals surface area contributed by atoms with Gasteiger partial charge in [0.05, 0.1) is 0 Å². The first-order valence-electron chi connectivity index (χ1n) is 5.04. The van der Waals surface area contributed by atoms with E-state index in [0.717, 1.165) is 16.1 Å². The molecule has 20 heavy (non-hydrogen) atoms. The van der Waals surface area contributed by atoms with Crippen LogP contribution in [0.15, 0.2) is 36.4 Å². The quantitative estimate of drug-likeness (QED) is 0.443. The summed E-state index contributed by atoms with van der Waals surface area (Å²) in [5, 5.41) is 12.6. The zero-order valence-electron chi connectivity index (χ0n) is 9.79. The van der Waals surface area contributed by atoms with Gasteiger partial charge in [-0.05, 0) is 16.8 Å². The topological polar surface area (TPSA) is 74.6 Å². The van der Waals surface area contributed by atoms with Crippen LogP contribution in [0.2, 0.25) is 0 Å². The van der Waals surface area contributed by atoms with Crippen LogP contribution in [-0.2, 0) is 10.1 Å². The van der Waals surface area contributed by atoms with Gasteiger partial charge >= 0.3 is 15.6 Å². The molecule has 0 heterocycles. The number of benzene rings is 2. The monoisotopic (exact) mass is 326 g/mol. The molecular formula is C11H10F3O4PS. The lowest BCUT2D eigenvalue weighted by atomic mass is 10.1. The molecule has 2 aromatic carbocycles. The SMILES string of the molecule is O=S(=O)(O)C(F)(F)F.Oc1ccc(P)c2ccccc12. The summed E-state index contributed by atoms with van der Waals surface area (Å²) in [5.41, 5.74) is -5.53. The summed E-state index contributed by atoms with van der Waals surface area (Å²) in [4.78, 5) is 0. The summed E-state index contributed by atoms with van der Waals surface area (Å²) in [6, 6.07) is 11.4. The molecule has 2 rings (SSSR count). The maximum Gasteiger partial charge on any atom is 0.522 e. The molecule has 0 amide bonds. The molecule has 110 valence electrons. The molecule has 0 saturated heterocycles. The van der Waals surface area contributed by atoms with E-state index >= 15 is 0 Å². The first kappa shape index (κ1) is 16.7. The van der Waals surface area contributed by atoms with Crippen LogP contribution in [0.4, 0.5) is 13.2 Å². The molecule has 2 N–H and O–H groups in total. The van der Waals surface area contributed by atoms with E-state index in [-0.39, 0.29) is 0 Å². The lowest BCUT2D eigenvalue weighted by Gasteiger charge is -2.02. The van der Waals surface area contributed by atoms with Crippen LogP contribution in [0, 0.1) is 0 Å². The maximum atomic E-state index is 10.7. The van der Waals surface area contributed by atoms with Crippen molar-refractivity contribution in [3.8, 4) is 5.75 Å². The summed E-state index contributed by atoms with van der Waals surface area (Å²) >= 11 is 0. The molecule has 0 aromatic heterocycles. The number of rotatable bonds is 0. The summed E-state index contributed by atoms with van der Waals surface area (Å²) in [7, 11) is -3.19. The maximum absolute atomic E-state index is 10.7. The average Bonchev–Trinajstić information content (AvgIpc) is 2.33. The highest BCUT2D eigenvalue weighted by Crippen LogP contribution is 2.23. The van der Waals surface area contributed by atoms with Crippen molar-refractivity contribution in [2.75, 3.05) is 0 Å². The third kappa shape index (κ3) is 4.06. The van der Waals surface area contributed by atoms with Crippen LogP contribution in [0.5, 0.6) is 5.75 Å². The van der Waals surface area contributed by atoms with Gasteiger partial charge in [-0.15, -0.1) is 9.24 Å². The molecule has 0 spiro atoms. The Kier molecular flexibility index (Phi) is 4.96. The van der Waals surface area contributed by atoms with Crippen molar-refractivity contribution in [1.29, 1.82) is 0 Å². The first-order valence-corrected chi connectivity index (χ1v) is 7.05. The van der Waals surface area contributed by atoms with E-state index < -0.39 is 15.6 Å². The largest absolute Gasteiger partial charge is 0.522 e. The average molecular weight is 326 g/mol. The molecule has 1 atom stereocenters. The number of hydrogen-bond donors (Lipinski definition) is 2. The van der Waals surface area contributed by atoms with Gasteiger partial charge in [-0.3, -0.25) is 4.55 Å². The number of halogens is 3. The second-order valence-corrected chi connectivity index (χ2v) is 5.68. The van der Waals surface area contributed by atoms with Gasteiger partial charge < -0.3 is 5.11 Å².